The van der Waals surface area contributed by atoms with E-state index in [4.69, 9.17) is 4.42 Å². The van der Waals surface area contributed by atoms with Crippen molar-refractivity contribution in [1.82, 2.24) is 15.3 Å². The van der Waals surface area contributed by atoms with Gasteiger partial charge >= 0.3 is 0 Å². The van der Waals surface area contributed by atoms with Gasteiger partial charge in [-0.2, -0.15) is 0 Å². The lowest BCUT2D eigenvalue weighted by atomic mass is 10.3. The molecule has 0 aliphatic carbocycles. The van der Waals surface area contributed by atoms with Crippen LogP contribution in [0, 0.1) is 0 Å². The number of hydrogen-bond donors (Lipinski definition) is 1. The van der Waals surface area contributed by atoms with Gasteiger partial charge in [0.1, 0.15) is 5.69 Å². The number of nitrogens with one attached hydrogen (secondary N) is 1. The summed E-state index contributed by atoms with van der Waals surface area (Å²) >= 11 is 0. The molecule has 0 saturated heterocycles. The number of pyridine rings is 1. The lowest BCUT2D eigenvalue weighted by molar-refractivity contribution is 0.489. The van der Waals surface area contributed by atoms with Crippen LogP contribution in [0.15, 0.2) is 35.0 Å². The Morgan fingerprint density at radius 1 is 1.36 bits per heavy atom. The van der Waals surface area contributed by atoms with E-state index < -0.39 is 0 Å². The Kier molecular flexibility index (Phi) is 2.55. The number of oxazole rings is 1. The highest BCUT2D eigenvalue weighted by atomic mass is 16.4. The molecule has 0 amide bonds. The highest BCUT2D eigenvalue weighted by molar-refractivity contribution is 5.49. The summed E-state index contributed by atoms with van der Waals surface area (Å²) in [5.41, 5.74) is 0.808. The Labute approximate surface area is 82.0 Å². The van der Waals surface area contributed by atoms with Gasteiger partial charge < -0.3 is 9.73 Å². The van der Waals surface area contributed by atoms with Crippen molar-refractivity contribution in [2.24, 2.45) is 0 Å². The minimum absolute atomic E-state index is 0.632. The summed E-state index contributed by atoms with van der Waals surface area (Å²) in [7, 11) is 1.85. The predicted molar refractivity (Wildman–Crippen MR) is 52.5 cm³/mol. The third kappa shape index (κ3) is 1.80. The zero-order valence-electron chi connectivity index (χ0n) is 7.90. The van der Waals surface area contributed by atoms with E-state index in [-0.39, 0.29) is 0 Å². The highest BCUT2D eigenvalue weighted by Crippen LogP contribution is 2.16. The maximum atomic E-state index is 5.47. The number of hydrogen-bond acceptors (Lipinski definition) is 4. The van der Waals surface area contributed by atoms with Gasteiger partial charge in [-0.05, 0) is 19.2 Å². The second kappa shape index (κ2) is 4.02. The fraction of sp³-hybridized carbons (Fsp3) is 0.200. The van der Waals surface area contributed by atoms with Crippen molar-refractivity contribution in [3.05, 3.63) is 36.5 Å². The van der Waals surface area contributed by atoms with E-state index in [0.29, 0.717) is 18.2 Å². The quantitative estimate of drug-likeness (QED) is 0.794. The van der Waals surface area contributed by atoms with Crippen LogP contribution in [-0.4, -0.2) is 17.0 Å². The van der Waals surface area contributed by atoms with Crippen molar-refractivity contribution in [2.45, 2.75) is 6.54 Å². The Balaban J connectivity index is 2.25. The molecule has 0 spiro atoms. The molecule has 72 valence electrons. The van der Waals surface area contributed by atoms with Crippen LogP contribution >= 0.6 is 0 Å². The van der Waals surface area contributed by atoms with Gasteiger partial charge in [0.15, 0.2) is 5.76 Å². The molecule has 0 aliphatic heterocycles. The molecular weight excluding hydrogens is 178 g/mol. The fourth-order valence-electron chi connectivity index (χ4n) is 1.17. The van der Waals surface area contributed by atoms with Crippen LogP contribution < -0.4 is 5.32 Å². The first-order chi connectivity index (χ1) is 6.90. The van der Waals surface area contributed by atoms with Crippen molar-refractivity contribution in [1.29, 1.82) is 0 Å². The van der Waals surface area contributed by atoms with Gasteiger partial charge in [-0.3, -0.25) is 4.98 Å². The largest absolute Gasteiger partial charge is 0.438 e. The summed E-state index contributed by atoms with van der Waals surface area (Å²) in [6.07, 6.45) is 3.42. The summed E-state index contributed by atoms with van der Waals surface area (Å²) in [5.74, 6) is 1.38. The molecule has 0 unspecified atom stereocenters. The molecule has 0 radical (unpaired) electrons. The molecule has 14 heavy (non-hydrogen) atoms. The van der Waals surface area contributed by atoms with Gasteiger partial charge in [-0.15, -0.1) is 0 Å². The van der Waals surface area contributed by atoms with Crippen molar-refractivity contribution < 1.29 is 4.42 Å². The summed E-state index contributed by atoms with van der Waals surface area (Å²) in [4.78, 5) is 8.28. The van der Waals surface area contributed by atoms with Crippen LogP contribution in [0.2, 0.25) is 0 Å². The molecule has 2 heterocycles. The van der Waals surface area contributed by atoms with Gasteiger partial charge in [0, 0.05) is 6.20 Å². The Morgan fingerprint density at radius 3 is 3.00 bits per heavy atom. The van der Waals surface area contributed by atoms with Gasteiger partial charge in [-0.25, -0.2) is 4.98 Å². The lowest BCUT2D eigenvalue weighted by Gasteiger charge is -1.93. The van der Waals surface area contributed by atoms with Gasteiger partial charge in [0.25, 0.3) is 0 Å². The molecule has 0 atom stereocenters. The predicted octanol–water partition coefficient (Wildman–Crippen LogP) is 1.46. The number of nitrogens with zero attached hydrogens (tertiary/aromatic N) is 2. The SMILES string of the molecule is CNCc1ncc(-c2ccccn2)o1. The second-order valence-electron chi connectivity index (χ2n) is 2.86. The zero-order chi connectivity index (χ0) is 9.80. The number of rotatable bonds is 3. The second-order valence-corrected chi connectivity index (χ2v) is 2.86. The van der Waals surface area contributed by atoms with E-state index in [1.165, 1.54) is 0 Å². The van der Waals surface area contributed by atoms with Crippen molar-refractivity contribution in [3.63, 3.8) is 0 Å². The lowest BCUT2D eigenvalue weighted by Crippen LogP contribution is -2.04. The average molecular weight is 189 g/mol. The molecule has 4 nitrogen and oxygen atoms in total. The third-order valence-electron chi connectivity index (χ3n) is 1.80. The van der Waals surface area contributed by atoms with Crippen LogP contribution in [0.1, 0.15) is 5.89 Å². The Hall–Kier alpha value is -1.68. The molecular formula is C10H11N3O. The summed E-state index contributed by atoms with van der Waals surface area (Å²) in [6.45, 7) is 0.632. The average Bonchev–Trinajstić information content (AvgIpc) is 2.68. The normalized spacial score (nSPS) is 10.4. The summed E-state index contributed by atoms with van der Waals surface area (Å²) in [5, 5.41) is 2.97. The van der Waals surface area contributed by atoms with Crippen molar-refractivity contribution in [2.75, 3.05) is 7.05 Å². The van der Waals surface area contributed by atoms with E-state index in [1.807, 2.05) is 25.2 Å². The van der Waals surface area contributed by atoms with Crippen molar-refractivity contribution >= 4 is 0 Å². The van der Waals surface area contributed by atoms with E-state index in [9.17, 15) is 0 Å². The molecule has 2 aromatic rings. The van der Waals surface area contributed by atoms with Crippen LogP contribution in [-0.2, 0) is 6.54 Å². The third-order valence-corrected chi connectivity index (χ3v) is 1.80. The topological polar surface area (TPSA) is 51.0 Å². The summed E-state index contributed by atoms with van der Waals surface area (Å²) < 4.78 is 5.47. The number of aromatic nitrogens is 2. The molecule has 0 aromatic carbocycles. The fourth-order valence-corrected chi connectivity index (χ4v) is 1.17. The van der Waals surface area contributed by atoms with Crippen LogP contribution in [0.3, 0.4) is 0 Å². The van der Waals surface area contributed by atoms with Crippen molar-refractivity contribution in [3.8, 4) is 11.5 Å². The Bertz CT molecular complexity index is 397. The first kappa shape index (κ1) is 8.90. The van der Waals surface area contributed by atoms with Gasteiger partial charge in [0.05, 0.1) is 12.7 Å². The van der Waals surface area contributed by atoms with E-state index in [2.05, 4.69) is 15.3 Å². The standard InChI is InChI=1S/C10H11N3O/c1-11-7-10-13-6-9(14-10)8-4-2-3-5-12-8/h2-6,11H,7H2,1H3. The monoisotopic (exact) mass is 189 g/mol. The summed E-state index contributed by atoms with van der Waals surface area (Å²) in [6, 6.07) is 5.68. The van der Waals surface area contributed by atoms with Crippen LogP contribution in [0.4, 0.5) is 0 Å². The first-order valence-corrected chi connectivity index (χ1v) is 4.41. The van der Waals surface area contributed by atoms with Crippen LogP contribution in [0.25, 0.3) is 11.5 Å². The molecule has 4 heteroatoms. The van der Waals surface area contributed by atoms with Gasteiger partial charge in [0.2, 0.25) is 5.89 Å². The molecule has 1 N–H and O–H groups in total. The van der Waals surface area contributed by atoms with Gasteiger partial charge in [-0.1, -0.05) is 6.07 Å². The minimum Gasteiger partial charge on any atom is -0.438 e. The highest BCUT2D eigenvalue weighted by Gasteiger charge is 2.05. The van der Waals surface area contributed by atoms with E-state index >= 15 is 0 Å². The maximum Gasteiger partial charge on any atom is 0.208 e. The molecule has 2 aromatic heterocycles. The molecule has 0 bridgehead atoms. The molecule has 0 fully saturated rings. The first-order valence-electron chi connectivity index (χ1n) is 4.41. The maximum absolute atomic E-state index is 5.47. The molecule has 0 aliphatic rings. The van der Waals surface area contributed by atoms with E-state index in [1.54, 1.807) is 12.4 Å². The van der Waals surface area contributed by atoms with E-state index in [0.717, 1.165) is 5.69 Å². The minimum atomic E-state index is 0.632. The zero-order valence-corrected chi connectivity index (χ0v) is 7.90. The Morgan fingerprint density at radius 2 is 2.29 bits per heavy atom. The molecule has 0 saturated carbocycles. The smallest absolute Gasteiger partial charge is 0.208 e. The molecule has 2 rings (SSSR count). The van der Waals surface area contributed by atoms with Crippen LogP contribution in [0.5, 0.6) is 0 Å².